The summed E-state index contributed by atoms with van der Waals surface area (Å²) in [4.78, 5) is 23.4. The zero-order chi connectivity index (χ0) is 15.4. The minimum Gasteiger partial charge on any atom is -0.465 e. The number of nitrogens with one attached hydrogen (secondary N) is 2. The molecule has 0 spiro atoms. The average molecular weight is 298 g/mol. The first-order valence-electron chi connectivity index (χ1n) is 6.62. The highest BCUT2D eigenvalue weighted by Crippen LogP contribution is 2.22. The quantitative estimate of drug-likeness (QED) is 0.833. The minimum absolute atomic E-state index is 0.229. The van der Waals surface area contributed by atoms with Gasteiger partial charge in [-0.05, 0) is 25.5 Å². The summed E-state index contributed by atoms with van der Waals surface area (Å²) in [6.07, 6.45) is 1.56. The lowest BCUT2D eigenvalue weighted by molar-refractivity contribution is -0.120. The molecule has 0 unspecified atom stereocenters. The van der Waals surface area contributed by atoms with E-state index in [9.17, 15) is 18.4 Å². The molecule has 2 rings (SSSR count). The third-order valence-corrected chi connectivity index (χ3v) is 3.39. The van der Waals surface area contributed by atoms with Gasteiger partial charge >= 0.3 is 5.97 Å². The largest absolute Gasteiger partial charge is 0.465 e. The molecule has 1 aliphatic heterocycles. The lowest BCUT2D eigenvalue weighted by Gasteiger charge is -2.22. The molecule has 0 aliphatic carbocycles. The van der Waals surface area contributed by atoms with E-state index in [1.807, 2.05) is 0 Å². The predicted molar refractivity (Wildman–Crippen MR) is 71.9 cm³/mol. The van der Waals surface area contributed by atoms with Crippen LogP contribution in [0.15, 0.2) is 12.1 Å². The van der Waals surface area contributed by atoms with Crippen molar-refractivity contribution in [2.75, 3.05) is 25.5 Å². The average Bonchev–Trinajstić information content (AvgIpc) is 2.50. The second kappa shape index (κ2) is 6.62. The molecule has 1 fully saturated rings. The summed E-state index contributed by atoms with van der Waals surface area (Å²) in [5, 5.41) is 5.47. The Labute approximate surface area is 120 Å². The van der Waals surface area contributed by atoms with Gasteiger partial charge in [0.2, 0.25) is 5.91 Å². The van der Waals surface area contributed by atoms with Crippen LogP contribution in [0.2, 0.25) is 0 Å². The molecule has 1 atom stereocenters. The van der Waals surface area contributed by atoms with Gasteiger partial charge in [0.05, 0.1) is 24.3 Å². The van der Waals surface area contributed by atoms with Gasteiger partial charge in [0, 0.05) is 12.6 Å². The molecular formula is C14H16F2N2O3. The number of rotatable bonds is 3. The number of hydrogen-bond donors (Lipinski definition) is 2. The number of halogens is 2. The van der Waals surface area contributed by atoms with E-state index >= 15 is 0 Å². The number of carbonyl (C=O) groups excluding carboxylic acids is 2. The fraction of sp³-hybridized carbons (Fsp3) is 0.429. The van der Waals surface area contributed by atoms with Gasteiger partial charge in [0.15, 0.2) is 0 Å². The van der Waals surface area contributed by atoms with Gasteiger partial charge < -0.3 is 15.4 Å². The van der Waals surface area contributed by atoms with Gasteiger partial charge in [-0.25, -0.2) is 13.6 Å². The van der Waals surface area contributed by atoms with Crippen molar-refractivity contribution < 1.29 is 23.1 Å². The van der Waals surface area contributed by atoms with Crippen LogP contribution >= 0.6 is 0 Å². The zero-order valence-corrected chi connectivity index (χ0v) is 11.5. The molecule has 1 saturated heterocycles. The second-order valence-corrected chi connectivity index (χ2v) is 4.84. The van der Waals surface area contributed by atoms with Crippen molar-refractivity contribution in [3.8, 4) is 0 Å². The molecule has 114 valence electrons. The molecule has 7 heteroatoms. The number of benzene rings is 1. The Morgan fingerprint density at radius 3 is 2.71 bits per heavy atom. The number of methoxy groups -OCH3 is 1. The first-order valence-corrected chi connectivity index (χ1v) is 6.62. The second-order valence-electron chi connectivity index (χ2n) is 4.84. The molecule has 0 aromatic heterocycles. The molecule has 5 nitrogen and oxygen atoms in total. The standard InChI is InChI=1S/C14H16F2N2O3/c1-21-14(20)9-5-12(11(16)6-10(9)15)18-13(19)8-3-2-4-17-7-8/h5-6,8,17H,2-4,7H2,1H3,(H,18,19)/t8-/m1/s1. The van der Waals surface area contributed by atoms with Gasteiger partial charge in [-0.3, -0.25) is 4.79 Å². The number of carbonyl (C=O) groups is 2. The van der Waals surface area contributed by atoms with Crippen LogP contribution in [0.1, 0.15) is 23.2 Å². The third kappa shape index (κ3) is 3.55. The molecule has 1 amide bonds. The predicted octanol–water partition coefficient (Wildman–Crippen LogP) is 1.69. The maximum Gasteiger partial charge on any atom is 0.340 e. The van der Waals surface area contributed by atoms with Gasteiger partial charge in [0.1, 0.15) is 11.6 Å². The van der Waals surface area contributed by atoms with Gasteiger partial charge in [-0.2, -0.15) is 0 Å². The van der Waals surface area contributed by atoms with E-state index in [0.717, 1.165) is 26.1 Å². The van der Waals surface area contributed by atoms with Crippen LogP contribution in [0.5, 0.6) is 0 Å². The Hall–Kier alpha value is -2.02. The molecule has 2 N–H and O–H groups in total. The summed E-state index contributed by atoms with van der Waals surface area (Å²) < 4.78 is 31.6. The molecule has 0 bridgehead atoms. The van der Waals surface area contributed by atoms with Gasteiger partial charge in [0.25, 0.3) is 0 Å². The lowest BCUT2D eigenvalue weighted by Crippen LogP contribution is -2.37. The molecule has 1 aromatic carbocycles. The van der Waals surface area contributed by atoms with Crippen molar-refractivity contribution in [3.05, 3.63) is 29.3 Å². The Bertz CT molecular complexity index is 557. The molecule has 21 heavy (non-hydrogen) atoms. The van der Waals surface area contributed by atoms with Gasteiger partial charge in [-0.1, -0.05) is 0 Å². The van der Waals surface area contributed by atoms with Crippen LogP contribution in [0.4, 0.5) is 14.5 Å². The fourth-order valence-electron chi connectivity index (χ4n) is 2.22. The number of amides is 1. The SMILES string of the molecule is COC(=O)c1cc(NC(=O)[C@@H]2CCCNC2)c(F)cc1F. The summed E-state index contributed by atoms with van der Waals surface area (Å²) in [7, 11) is 1.09. The highest BCUT2D eigenvalue weighted by Gasteiger charge is 2.23. The van der Waals surface area contributed by atoms with Crippen LogP contribution in [-0.4, -0.2) is 32.1 Å². The van der Waals surface area contributed by atoms with Crippen LogP contribution in [0, 0.1) is 17.6 Å². The van der Waals surface area contributed by atoms with E-state index in [4.69, 9.17) is 0 Å². The van der Waals surface area contributed by atoms with E-state index in [-0.39, 0.29) is 17.5 Å². The topological polar surface area (TPSA) is 67.4 Å². The molecule has 1 aromatic rings. The highest BCUT2D eigenvalue weighted by molar-refractivity contribution is 5.95. The Morgan fingerprint density at radius 2 is 2.10 bits per heavy atom. The fourth-order valence-corrected chi connectivity index (χ4v) is 2.22. The van der Waals surface area contributed by atoms with E-state index in [2.05, 4.69) is 15.4 Å². The van der Waals surface area contributed by atoms with E-state index in [1.54, 1.807) is 0 Å². The monoisotopic (exact) mass is 298 g/mol. The van der Waals surface area contributed by atoms with Crippen LogP contribution in [0.25, 0.3) is 0 Å². The maximum atomic E-state index is 13.7. The summed E-state index contributed by atoms with van der Waals surface area (Å²) in [5.41, 5.74) is -0.650. The van der Waals surface area contributed by atoms with Crippen molar-refractivity contribution in [1.29, 1.82) is 0 Å². The molecule has 0 radical (unpaired) electrons. The maximum absolute atomic E-state index is 13.7. The number of anilines is 1. The molecule has 1 aliphatic rings. The van der Waals surface area contributed by atoms with E-state index in [0.29, 0.717) is 19.0 Å². The van der Waals surface area contributed by atoms with Crippen molar-refractivity contribution in [2.45, 2.75) is 12.8 Å². The number of ether oxygens (including phenoxy) is 1. The summed E-state index contributed by atoms with van der Waals surface area (Å²) in [6, 6.07) is 1.51. The summed E-state index contributed by atoms with van der Waals surface area (Å²) in [5.74, 6) is -3.52. The first-order chi connectivity index (χ1) is 10.0. The van der Waals surface area contributed by atoms with Crippen LogP contribution in [-0.2, 0) is 9.53 Å². The smallest absolute Gasteiger partial charge is 0.340 e. The summed E-state index contributed by atoms with van der Waals surface area (Å²) in [6.45, 7) is 1.36. The first kappa shape index (κ1) is 15.4. The van der Waals surface area contributed by atoms with E-state index < -0.39 is 23.2 Å². The number of esters is 1. The Kier molecular flexibility index (Phi) is 4.85. The zero-order valence-electron chi connectivity index (χ0n) is 11.5. The van der Waals surface area contributed by atoms with Crippen molar-refractivity contribution in [3.63, 3.8) is 0 Å². The molecular weight excluding hydrogens is 282 g/mol. The van der Waals surface area contributed by atoms with E-state index in [1.165, 1.54) is 0 Å². The van der Waals surface area contributed by atoms with Gasteiger partial charge in [-0.15, -0.1) is 0 Å². The van der Waals surface area contributed by atoms with Crippen molar-refractivity contribution in [2.24, 2.45) is 5.92 Å². The Balaban J connectivity index is 2.18. The normalized spacial score (nSPS) is 18.1. The van der Waals surface area contributed by atoms with Crippen molar-refractivity contribution in [1.82, 2.24) is 5.32 Å². The number of piperidine rings is 1. The lowest BCUT2D eigenvalue weighted by atomic mass is 9.98. The number of hydrogen-bond acceptors (Lipinski definition) is 4. The molecule has 0 saturated carbocycles. The Morgan fingerprint density at radius 1 is 1.33 bits per heavy atom. The third-order valence-electron chi connectivity index (χ3n) is 3.39. The van der Waals surface area contributed by atoms with Crippen LogP contribution in [0.3, 0.4) is 0 Å². The minimum atomic E-state index is -1.03. The molecule has 1 heterocycles. The van der Waals surface area contributed by atoms with Crippen LogP contribution < -0.4 is 10.6 Å². The highest BCUT2D eigenvalue weighted by atomic mass is 19.1. The van der Waals surface area contributed by atoms with Crippen molar-refractivity contribution >= 4 is 17.6 Å². The summed E-state index contributed by atoms with van der Waals surface area (Å²) >= 11 is 0.